The molecule has 0 aromatic carbocycles. The minimum Gasteiger partial charge on any atom is -0.333 e. The van der Waals surface area contributed by atoms with Crippen LogP contribution in [0.3, 0.4) is 0 Å². The second kappa shape index (κ2) is 6.16. The Morgan fingerprint density at radius 3 is 3.22 bits per heavy atom. The molecule has 0 bridgehead atoms. The molecule has 7 nitrogen and oxygen atoms in total. The van der Waals surface area contributed by atoms with Crippen molar-refractivity contribution >= 4 is 5.91 Å². The molecule has 0 spiro atoms. The molecule has 0 aliphatic carbocycles. The van der Waals surface area contributed by atoms with Gasteiger partial charge in [-0.1, -0.05) is 0 Å². The summed E-state index contributed by atoms with van der Waals surface area (Å²) in [6, 6.07) is 2.05. The van der Waals surface area contributed by atoms with Crippen LogP contribution in [0.25, 0.3) is 0 Å². The summed E-state index contributed by atoms with van der Waals surface area (Å²) >= 11 is 0. The van der Waals surface area contributed by atoms with E-state index in [0.717, 1.165) is 37.6 Å². The molecular formula is C16H22N6O. The summed E-state index contributed by atoms with van der Waals surface area (Å²) < 4.78 is 3.88. The van der Waals surface area contributed by atoms with Crippen molar-refractivity contribution in [3.05, 3.63) is 36.2 Å². The van der Waals surface area contributed by atoms with Crippen LogP contribution in [0.15, 0.2) is 24.8 Å². The molecule has 4 heterocycles. The summed E-state index contributed by atoms with van der Waals surface area (Å²) in [5.41, 5.74) is 2.20. The average Bonchev–Trinajstić information content (AvgIpc) is 3.24. The SMILES string of the molecule is O=C(Cn1ccc([C@H]2CCCNC2)n1)N1CCn2cncc2C1. The van der Waals surface area contributed by atoms with Crippen molar-refractivity contribution in [2.45, 2.75) is 38.4 Å². The number of rotatable bonds is 3. The minimum atomic E-state index is 0.119. The van der Waals surface area contributed by atoms with E-state index in [9.17, 15) is 4.79 Å². The molecule has 2 aromatic heterocycles. The lowest BCUT2D eigenvalue weighted by molar-refractivity contribution is -0.133. The number of piperidine rings is 1. The molecule has 7 heteroatoms. The first kappa shape index (κ1) is 14.4. The molecule has 2 aliphatic rings. The summed E-state index contributed by atoms with van der Waals surface area (Å²) in [5.74, 6) is 0.596. The van der Waals surface area contributed by atoms with Crippen molar-refractivity contribution in [2.24, 2.45) is 0 Å². The number of aromatic nitrogens is 4. The van der Waals surface area contributed by atoms with Gasteiger partial charge in [0.05, 0.1) is 24.3 Å². The molecule has 1 amide bonds. The van der Waals surface area contributed by atoms with Gasteiger partial charge in [0.2, 0.25) is 5.91 Å². The number of hydrogen-bond acceptors (Lipinski definition) is 4. The van der Waals surface area contributed by atoms with Gasteiger partial charge >= 0.3 is 0 Å². The highest BCUT2D eigenvalue weighted by molar-refractivity contribution is 5.76. The van der Waals surface area contributed by atoms with E-state index in [2.05, 4.69) is 26.0 Å². The van der Waals surface area contributed by atoms with E-state index >= 15 is 0 Å². The van der Waals surface area contributed by atoms with Crippen LogP contribution >= 0.6 is 0 Å². The molecule has 1 fully saturated rings. The van der Waals surface area contributed by atoms with E-state index < -0.39 is 0 Å². The Balaban J connectivity index is 1.38. The van der Waals surface area contributed by atoms with Crippen molar-refractivity contribution in [1.82, 2.24) is 29.5 Å². The van der Waals surface area contributed by atoms with E-state index in [4.69, 9.17) is 0 Å². The van der Waals surface area contributed by atoms with Gasteiger partial charge in [-0.3, -0.25) is 9.48 Å². The fourth-order valence-electron chi connectivity index (χ4n) is 3.42. The Kier molecular flexibility index (Phi) is 3.87. The number of nitrogens with one attached hydrogen (secondary N) is 1. The second-order valence-electron chi connectivity index (χ2n) is 6.38. The van der Waals surface area contributed by atoms with Gasteiger partial charge in [0, 0.05) is 37.9 Å². The second-order valence-corrected chi connectivity index (χ2v) is 6.38. The molecule has 23 heavy (non-hydrogen) atoms. The van der Waals surface area contributed by atoms with E-state index in [1.54, 1.807) is 4.68 Å². The van der Waals surface area contributed by atoms with Gasteiger partial charge in [0.1, 0.15) is 6.54 Å². The molecule has 1 atom stereocenters. The lowest BCUT2D eigenvalue weighted by atomic mass is 9.97. The summed E-state index contributed by atoms with van der Waals surface area (Å²) in [7, 11) is 0. The third-order valence-corrected chi connectivity index (χ3v) is 4.79. The predicted octanol–water partition coefficient (Wildman–Crippen LogP) is 0.589. The maximum atomic E-state index is 12.5. The number of imidazole rings is 1. The molecule has 1 saturated heterocycles. The normalized spacial score (nSPS) is 21.2. The van der Waals surface area contributed by atoms with Gasteiger partial charge in [-0.05, 0) is 25.5 Å². The van der Waals surface area contributed by atoms with Crippen LogP contribution in [0.4, 0.5) is 0 Å². The fourth-order valence-corrected chi connectivity index (χ4v) is 3.42. The van der Waals surface area contributed by atoms with Crippen molar-refractivity contribution in [2.75, 3.05) is 19.6 Å². The quantitative estimate of drug-likeness (QED) is 0.900. The van der Waals surface area contributed by atoms with Crippen LogP contribution in [0.5, 0.6) is 0 Å². The number of carbonyl (C=O) groups is 1. The Labute approximate surface area is 135 Å². The number of carbonyl (C=O) groups excluding carboxylic acids is 1. The fraction of sp³-hybridized carbons (Fsp3) is 0.562. The topological polar surface area (TPSA) is 68.0 Å². The maximum Gasteiger partial charge on any atom is 0.244 e. The predicted molar refractivity (Wildman–Crippen MR) is 84.7 cm³/mol. The van der Waals surface area contributed by atoms with Crippen molar-refractivity contribution in [1.29, 1.82) is 0 Å². The summed E-state index contributed by atoms with van der Waals surface area (Å²) in [4.78, 5) is 18.5. The van der Waals surface area contributed by atoms with Gasteiger partial charge in [0.25, 0.3) is 0 Å². The smallest absolute Gasteiger partial charge is 0.244 e. The van der Waals surface area contributed by atoms with Crippen molar-refractivity contribution in [3.8, 4) is 0 Å². The zero-order valence-electron chi connectivity index (χ0n) is 13.2. The lowest BCUT2D eigenvalue weighted by Gasteiger charge is -2.28. The number of amides is 1. The summed E-state index contributed by atoms with van der Waals surface area (Å²) in [6.07, 6.45) is 7.96. The van der Waals surface area contributed by atoms with Gasteiger partial charge < -0.3 is 14.8 Å². The van der Waals surface area contributed by atoms with Crippen LogP contribution in [-0.4, -0.2) is 49.8 Å². The van der Waals surface area contributed by atoms with Crippen LogP contribution in [0.1, 0.15) is 30.1 Å². The Morgan fingerprint density at radius 2 is 2.35 bits per heavy atom. The third kappa shape index (κ3) is 3.01. The van der Waals surface area contributed by atoms with E-state index in [0.29, 0.717) is 19.0 Å². The first-order valence-corrected chi connectivity index (χ1v) is 8.30. The molecule has 122 valence electrons. The molecule has 2 aromatic rings. The van der Waals surface area contributed by atoms with Gasteiger partial charge in [-0.2, -0.15) is 5.10 Å². The molecular weight excluding hydrogens is 292 g/mol. The van der Waals surface area contributed by atoms with Crippen molar-refractivity contribution < 1.29 is 4.79 Å². The molecule has 0 unspecified atom stereocenters. The van der Waals surface area contributed by atoms with Gasteiger partial charge in [-0.15, -0.1) is 0 Å². The summed E-state index contributed by atoms with van der Waals surface area (Å²) in [5, 5.41) is 8.02. The van der Waals surface area contributed by atoms with Crippen LogP contribution in [0.2, 0.25) is 0 Å². The number of fused-ring (bicyclic) bond motifs is 1. The standard InChI is InChI=1S/C16H22N6O/c23-16(20-6-7-21-12-18-9-14(21)10-20)11-22-5-3-15(19-22)13-2-1-4-17-8-13/h3,5,9,12-13,17H,1-2,4,6-8,10-11H2/t13-/m0/s1. The molecule has 1 N–H and O–H groups in total. The highest BCUT2D eigenvalue weighted by atomic mass is 16.2. The van der Waals surface area contributed by atoms with Gasteiger partial charge in [-0.25, -0.2) is 4.98 Å². The maximum absolute atomic E-state index is 12.5. The largest absolute Gasteiger partial charge is 0.333 e. The highest BCUT2D eigenvalue weighted by Crippen LogP contribution is 2.21. The van der Waals surface area contributed by atoms with E-state index in [-0.39, 0.29) is 5.91 Å². The monoisotopic (exact) mass is 314 g/mol. The number of nitrogens with zero attached hydrogens (tertiary/aromatic N) is 5. The number of hydrogen-bond donors (Lipinski definition) is 1. The van der Waals surface area contributed by atoms with E-state index in [1.165, 1.54) is 12.8 Å². The van der Waals surface area contributed by atoms with Crippen LogP contribution in [-0.2, 0) is 24.4 Å². The molecule has 4 rings (SSSR count). The van der Waals surface area contributed by atoms with Crippen LogP contribution in [0, 0.1) is 0 Å². The average molecular weight is 314 g/mol. The van der Waals surface area contributed by atoms with Crippen LogP contribution < -0.4 is 5.32 Å². The van der Waals surface area contributed by atoms with Crippen molar-refractivity contribution in [3.63, 3.8) is 0 Å². The molecule has 0 saturated carbocycles. The first-order chi connectivity index (χ1) is 11.3. The Morgan fingerprint density at radius 1 is 1.39 bits per heavy atom. The third-order valence-electron chi connectivity index (χ3n) is 4.79. The van der Waals surface area contributed by atoms with Gasteiger partial charge in [0.15, 0.2) is 0 Å². The molecule has 2 aliphatic heterocycles. The highest BCUT2D eigenvalue weighted by Gasteiger charge is 2.22. The zero-order chi connectivity index (χ0) is 15.6. The zero-order valence-corrected chi connectivity index (χ0v) is 13.2. The molecule has 0 radical (unpaired) electrons. The minimum absolute atomic E-state index is 0.119. The first-order valence-electron chi connectivity index (χ1n) is 8.30. The lowest BCUT2D eigenvalue weighted by Crippen LogP contribution is -2.39. The Bertz CT molecular complexity index is 684. The Hall–Kier alpha value is -2.15. The van der Waals surface area contributed by atoms with E-state index in [1.807, 2.05) is 23.6 Å². The summed E-state index contributed by atoms with van der Waals surface area (Å²) in [6.45, 7) is 4.60.